The molecule has 49 valence electrons. The zero-order chi connectivity index (χ0) is 6.10. The Morgan fingerprint density at radius 2 is 2.33 bits per heavy atom. The minimum Gasteiger partial charge on any atom is -0.189 e. The molecular weight excluding hydrogens is 112 g/mol. The minimum absolute atomic E-state index is 0.749. The van der Waals surface area contributed by atoms with Crippen LogP contribution in [0.5, 0.6) is 0 Å². The summed E-state index contributed by atoms with van der Waals surface area (Å²) in [5.74, 6) is 0.749. The molecule has 2 rings (SSSR count). The van der Waals surface area contributed by atoms with Crippen molar-refractivity contribution in [3.63, 3.8) is 0 Å². The van der Waals surface area contributed by atoms with E-state index in [1.165, 1.54) is 31.4 Å². The average Bonchev–Trinajstić information content (AvgIpc) is 2.33. The molecule has 9 heavy (non-hydrogen) atoms. The molecule has 0 bridgehead atoms. The third-order valence-corrected chi connectivity index (χ3v) is 2.21. The molecular formula is C7H11N2. The summed E-state index contributed by atoms with van der Waals surface area (Å²) in [7, 11) is 0. The second kappa shape index (κ2) is 2.01. The number of rotatable bonds is 0. The van der Waals surface area contributed by atoms with Gasteiger partial charge < -0.3 is 0 Å². The zero-order valence-electron chi connectivity index (χ0n) is 5.51. The Bertz CT molecular complexity index is 140. The van der Waals surface area contributed by atoms with Crippen LogP contribution in [0.15, 0.2) is 5.10 Å². The van der Waals surface area contributed by atoms with Crippen LogP contribution in [0, 0.1) is 5.92 Å². The maximum Gasteiger partial charge on any atom is 0.0684 e. The van der Waals surface area contributed by atoms with Gasteiger partial charge in [-0.05, 0) is 19.3 Å². The van der Waals surface area contributed by atoms with Crippen molar-refractivity contribution < 1.29 is 0 Å². The standard InChI is InChI=1S/C7H11N2/c1-2-4-7-6(3-1)5-8-9-7/h6H,1-5H2. The smallest absolute Gasteiger partial charge is 0.0684 e. The highest BCUT2D eigenvalue weighted by Crippen LogP contribution is 2.23. The van der Waals surface area contributed by atoms with Crippen LogP contribution in [0.3, 0.4) is 0 Å². The highest BCUT2D eigenvalue weighted by molar-refractivity contribution is 5.88. The molecule has 0 N–H and O–H groups in total. The van der Waals surface area contributed by atoms with Gasteiger partial charge in [0.1, 0.15) is 0 Å². The van der Waals surface area contributed by atoms with Crippen LogP contribution < -0.4 is 5.43 Å². The number of hydrogen-bond acceptors (Lipinski definition) is 1. The van der Waals surface area contributed by atoms with Crippen LogP contribution in [0.4, 0.5) is 0 Å². The molecule has 0 amide bonds. The first-order chi connectivity index (χ1) is 4.47. The Kier molecular flexibility index (Phi) is 1.18. The van der Waals surface area contributed by atoms with E-state index >= 15 is 0 Å². The molecule has 1 aliphatic carbocycles. The number of nitrogens with zero attached hydrogens (tertiary/aromatic N) is 2. The third kappa shape index (κ3) is 0.824. The van der Waals surface area contributed by atoms with E-state index in [0.717, 1.165) is 12.5 Å². The van der Waals surface area contributed by atoms with Gasteiger partial charge in [-0.2, -0.15) is 10.5 Å². The summed E-state index contributed by atoms with van der Waals surface area (Å²) in [5, 5.41) is 4.10. The fraction of sp³-hybridized carbons (Fsp3) is 0.857. The van der Waals surface area contributed by atoms with Crippen LogP contribution >= 0.6 is 0 Å². The van der Waals surface area contributed by atoms with Crippen molar-refractivity contribution in [2.75, 3.05) is 6.54 Å². The molecule has 1 unspecified atom stereocenters. The van der Waals surface area contributed by atoms with Crippen molar-refractivity contribution in [3.8, 4) is 0 Å². The van der Waals surface area contributed by atoms with E-state index in [0.29, 0.717) is 0 Å². The van der Waals surface area contributed by atoms with Crippen LogP contribution in [0.25, 0.3) is 0 Å². The van der Waals surface area contributed by atoms with Gasteiger partial charge >= 0.3 is 0 Å². The van der Waals surface area contributed by atoms with Crippen molar-refractivity contribution >= 4 is 5.71 Å². The molecule has 1 saturated carbocycles. The molecule has 0 aromatic carbocycles. The van der Waals surface area contributed by atoms with Crippen LogP contribution in [0.2, 0.25) is 0 Å². The lowest BCUT2D eigenvalue weighted by Crippen LogP contribution is -2.17. The van der Waals surface area contributed by atoms with E-state index in [2.05, 4.69) is 10.5 Å². The molecule has 1 atom stereocenters. The third-order valence-electron chi connectivity index (χ3n) is 2.21. The Balaban J connectivity index is 2.09. The first kappa shape index (κ1) is 5.27. The summed E-state index contributed by atoms with van der Waals surface area (Å²) < 4.78 is 0. The predicted octanol–water partition coefficient (Wildman–Crippen LogP) is 1.15. The van der Waals surface area contributed by atoms with Gasteiger partial charge in [-0.3, -0.25) is 0 Å². The van der Waals surface area contributed by atoms with Gasteiger partial charge in [0.15, 0.2) is 0 Å². The molecule has 1 heterocycles. The molecule has 1 aliphatic heterocycles. The van der Waals surface area contributed by atoms with Crippen molar-refractivity contribution in [1.82, 2.24) is 5.43 Å². The lowest BCUT2D eigenvalue weighted by molar-refractivity contribution is 0.533. The average molecular weight is 123 g/mol. The van der Waals surface area contributed by atoms with Crippen LogP contribution in [-0.4, -0.2) is 12.3 Å². The Hall–Kier alpha value is -0.530. The van der Waals surface area contributed by atoms with E-state index in [9.17, 15) is 0 Å². The molecule has 1 fully saturated rings. The van der Waals surface area contributed by atoms with Gasteiger partial charge in [0.05, 0.1) is 6.54 Å². The first-order valence-electron chi connectivity index (χ1n) is 3.70. The number of hydrogen-bond donors (Lipinski definition) is 0. The summed E-state index contributed by atoms with van der Waals surface area (Å²) >= 11 is 0. The summed E-state index contributed by atoms with van der Waals surface area (Å²) in [4.78, 5) is 0. The van der Waals surface area contributed by atoms with E-state index in [-0.39, 0.29) is 0 Å². The minimum atomic E-state index is 0.749. The van der Waals surface area contributed by atoms with Gasteiger partial charge in [0.2, 0.25) is 0 Å². The molecule has 0 saturated heterocycles. The number of fused-ring (bicyclic) bond motifs is 1. The zero-order valence-corrected chi connectivity index (χ0v) is 5.51. The molecule has 2 heteroatoms. The normalized spacial score (nSPS) is 32.9. The topological polar surface area (TPSA) is 26.5 Å². The monoisotopic (exact) mass is 123 g/mol. The quantitative estimate of drug-likeness (QED) is 0.462. The largest absolute Gasteiger partial charge is 0.189 e. The molecule has 1 radical (unpaired) electrons. The first-order valence-corrected chi connectivity index (χ1v) is 3.70. The van der Waals surface area contributed by atoms with E-state index < -0.39 is 0 Å². The van der Waals surface area contributed by atoms with E-state index in [4.69, 9.17) is 0 Å². The molecule has 2 aliphatic rings. The lowest BCUT2D eigenvalue weighted by Gasteiger charge is -2.15. The lowest BCUT2D eigenvalue weighted by atomic mass is 9.88. The molecule has 0 aromatic rings. The predicted molar refractivity (Wildman–Crippen MR) is 36.4 cm³/mol. The van der Waals surface area contributed by atoms with Crippen LogP contribution in [-0.2, 0) is 0 Å². The van der Waals surface area contributed by atoms with E-state index in [1.54, 1.807) is 0 Å². The van der Waals surface area contributed by atoms with Gasteiger partial charge in [-0.1, -0.05) is 6.42 Å². The van der Waals surface area contributed by atoms with E-state index in [1.807, 2.05) is 0 Å². The van der Waals surface area contributed by atoms with Crippen molar-refractivity contribution in [3.05, 3.63) is 0 Å². The summed E-state index contributed by atoms with van der Waals surface area (Å²) in [5.41, 5.74) is 5.39. The molecule has 0 aromatic heterocycles. The second-order valence-corrected chi connectivity index (χ2v) is 2.86. The summed E-state index contributed by atoms with van der Waals surface area (Å²) in [6, 6.07) is 0. The maximum atomic E-state index is 4.10. The summed E-state index contributed by atoms with van der Waals surface area (Å²) in [6.45, 7) is 0.981. The molecule has 0 spiro atoms. The second-order valence-electron chi connectivity index (χ2n) is 2.86. The van der Waals surface area contributed by atoms with Gasteiger partial charge in [-0.15, -0.1) is 0 Å². The Morgan fingerprint density at radius 3 is 3.22 bits per heavy atom. The van der Waals surface area contributed by atoms with Crippen molar-refractivity contribution in [2.45, 2.75) is 25.7 Å². The molecule has 2 nitrogen and oxygen atoms in total. The SMILES string of the molecule is C1CCC2C[N]N=C2C1. The van der Waals surface area contributed by atoms with Crippen molar-refractivity contribution in [1.29, 1.82) is 0 Å². The maximum absolute atomic E-state index is 4.10. The Morgan fingerprint density at radius 1 is 1.33 bits per heavy atom. The van der Waals surface area contributed by atoms with Gasteiger partial charge in [-0.25, -0.2) is 0 Å². The highest BCUT2D eigenvalue weighted by Gasteiger charge is 2.24. The fourth-order valence-electron chi connectivity index (χ4n) is 1.63. The van der Waals surface area contributed by atoms with Gasteiger partial charge in [0.25, 0.3) is 0 Å². The van der Waals surface area contributed by atoms with Gasteiger partial charge in [0, 0.05) is 11.6 Å². The fourth-order valence-corrected chi connectivity index (χ4v) is 1.63. The highest BCUT2D eigenvalue weighted by atomic mass is 15.3. The van der Waals surface area contributed by atoms with Crippen molar-refractivity contribution in [2.24, 2.45) is 11.0 Å². The summed E-state index contributed by atoms with van der Waals surface area (Å²) in [6.07, 6.45) is 5.28. The Labute approximate surface area is 55.3 Å². The van der Waals surface area contributed by atoms with Crippen LogP contribution in [0.1, 0.15) is 25.7 Å².